The zero-order valence-corrected chi connectivity index (χ0v) is 15.8. The summed E-state index contributed by atoms with van der Waals surface area (Å²) in [6.45, 7) is 8.48. The molecular weight excluding hydrogens is 320 g/mol. The van der Waals surface area contributed by atoms with Crippen molar-refractivity contribution in [3.8, 4) is 11.3 Å². The summed E-state index contributed by atoms with van der Waals surface area (Å²) in [7, 11) is 0. The lowest BCUT2D eigenvalue weighted by atomic mass is 10.1. The zero-order valence-electron chi connectivity index (χ0n) is 15.8. The van der Waals surface area contributed by atoms with Crippen LogP contribution >= 0.6 is 0 Å². The molecule has 0 aliphatic heterocycles. The highest BCUT2D eigenvalue weighted by molar-refractivity contribution is 5.64. The predicted octanol–water partition coefficient (Wildman–Crippen LogP) is 5.53. The van der Waals surface area contributed by atoms with Crippen molar-refractivity contribution in [3.05, 3.63) is 72.3 Å². The topological polar surface area (TPSA) is 49.8 Å². The van der Waals surface area contributed by atoms with Crippen LogP contribution in [0.2, 0.25) is 0 Å². The third-order valence-corrected chi connectivity index (χ3v) is 3.94. The summed E-state index contributed by atoms with van der Waals surface area (Å²) >= 11 is 0. The standard InChI is InChI=1S/C22H26N4/c1-16(17-11-7-5-8-12-17)23-21-24-19(18-13-9-6-10-14-18)15-20(25-21)26-22(2,3)4/h5-16H,1-4H3,(H2,23,24,25,26). The molecule has 4 heteroatoms. The molecule has 0 aliphatic carbocycles. The Bertz CT molecular complexity index is 839. The first-order valence-electron chi connectivity index (χ1n) is 8.95. The van der Waals surface area contributed by atoms with E-state index in [2.05, 4.69) is 67.6 Å². The van der Waals surface area contributed by atoms with E-state index in [0.717, 1.165) is 17.1 Å². The SMILES string of the molecule is CC(Nc1nc(NC(C)(C)C)cc(-c2ccccc2)n1)c1ccccc1. The van der Waals surface area contributed by atoms with Gasteiger partial charge >= 0.3 is 0 Å². The molecule has 4 nitrogen and oxygen atoms in total. The van der Waals surface area contributed by atoms with E-state index in [-0.39, 0.29) is 11.6 Å². The minimum atomic E-state index is -0.0787. The molecule has 3 rings (SSSR count). The van der Waals surface area contributed by atoms with Crippen LogP contribution in [-0.4, -0.2) is 15.5 Å². The second-order valence-electron chi connectivity index (χ2n) is 7.48. The van der Waals surface area contributed by atoms with Crippen LogP contribution in [0.4, 0.5) is 11.8 Å². The van der Waals surface area contributed by atoms with Gasteiger partial charge in [0, 0.05) is 17.2 Å². The maximum absolute atomic E-state index is 4.74. The van der Waals surface area contributed by atoms with Gasteiger partial charge in [0.25, 0.3) is 0 Å². The molecule has 3 aromatic rings. The second kappa shape index (κ2) is 7.56. The van der Waals surface area contributed by atoms with Crippen molar-refractivity contribution in [3.63, 3.8) is 0 Å². The number of nitrogens with zero attached hydrogens (tertiary/aromatic N) is 2. The molecule has 0 saturated carbocycles. The first-order valence-corrected chi connectivity index (χ1v) is 8.95. The average Bonchev–Trinajstić information content (AvgIpc) is 2.61. The van der Waals surface area contributed by atoms with Gasteiger partial charge in [-0.1, -0.05) is 60.7 Å². The fraction of sp³-hybridized carbons (Fsp3) is 0.273. The Morgan fingerprint density at radius 2 is 1.46 bits per heavy atom. The van der Waals surface area contributed by atoms with Crippen LogP contribution < -0.4 is 10.6 Å². The van der Waals surface area contributed by atoms with Gasteiger partial charge in [0.2, 0.25) is 5.95 Å². The van der Waals surface area contributed by atoms with Gasteiger partial charge in [-0.2, -0.15) is 4.98 Å². The van der Waals surface area contributed by atoms with Gasteiger partial charge in [-0.05, 0) is 33.3 Å². The molecule has 0 aliphatic rings. The van der Waals surface area contributed by atoms with Crippen LogP contribution in [-0.2, 0) is 0 Å². The number of aromatic nitrogens is 2. The van der Waals surface area contributed by atoms with Crippen LogP contribution in [0.3, 0.4) is 0 Å². The predicted molar refractivity (Wildman–Crippen MR) is 109 cm³/mol. The van der Waals surface area contributed by atoms with Crippen LogP contribution in [0, 0.1) is 0 Å². The third kappa shape index (κ3) is 4.82. The Hall–Kier alpha value is -2.88. The maximum Gasteiger partial charge on any atom is 0.225 e. The van der Waals surface area contributed by atoms with Crippen LogP contribution in [0.1, 0.15) is 39.3 Å². The van der Waals surface area contributed by atoms with Crippen LogP contribution in [0.25, 0.3) is 11.3 Å². The summed E-state index contributed by atoms with van der Waals surface area (Å²) in [6.07, 6.45) is 0. The molecule has 1 atom stereocenters. The number of nitrogens with one attached hydrogen (secondary N) is 2. The summed E-state index contributed by atoms with van der Waals surface area (Å²) < 4.78 is 0. The van der Waals surface area contributed by atoms with E-state index in [1.807, 2.05) is 42.5 Å². The molecule has 0 amide bonds. The summed E-state index contributed by atoms with van der Waals surface area (Å²) in [6, 6.07) is 22.6. The molecule has 0 saturated heterocycles. The van der Waals surface area contributed by atoms with Crippen molar-refractivity contribution >= 4 is 11.8 Å². The summed E-state index contributed by atoms with van der Waals surface area (Å²) in [5.41, 5.74) is 3.09. The molecule has 2 aromatic carbocycles. The lowest BCUT2D eigenvalue weighted by molar-refractivity contribution is 0.630. The summed E-state index contributed by atoms with van der Waals surface area (Å²) in [5.74, 6) is 1.43. The Balaban J connectivity index is 1.94. The fourth-order valence-corrected chi connectivity index (χ4v) is 2.74. The van der Waals surface area contributed by atoms with Crippen molar-refractivity contribution in [2.45, 2.75) is 39.3 Å². The average molecular weight is 346 g/mol. The Kier molecular flexibility index (Phi) is 5.21. The molecule has 2 N–H and O–H groups in total. The van der Waals surface area contributed by atoms with Gasteiger partial charge in [-0.3, -0.25) is 0 Å². The lowest BCUT2D eigenvalue weighted by Crippen LogP contribution is -2.27. The molecular formula is C22H26N4. The Morgan fingerprint density at radius 3 is 2.08 bits per heavy atom. The van der Waals surface area contributed by atoms with Gasteiger partial charge in [-0.15, -0.1) is 0 Å². The van der Waals surface area contributed by atoms with Crippen LogP contribution in [0.15, 0.2) is 66.7 Å². The third-order valence-electron chi connectivity index (χ3n) is 3.94. The summed E-state index contributed by atoms with van der Waals surface area (Å²) in [4.78, 5) is 9.41. The molecule has 0 bridgehead atoms. The normalized spacial score (nSPS) is 12.5. The monoisotopic (exact) mass is 346 g/mol. The molecule has 134 valence electrons. The quantitative estimate of drug-likeness (QED) is 0.638. The highest BCUT2D eigenvalue weighted by atomic mass is 15.2. The van der Waals surface area contributed by atoms with Gasteiger partial charge in [0.15, 0.2) is 0 Å². The number of benzene rings is 2. The van der Waals surface area contributed by atoms with E-state index in [4.69, 9.17) is 4.98 Å². The van der Waals surface area contributed by atoms with E-state index in [1.165, 1.54) is 5.56 Å². The number of rotatable bonds is 5. The smallest absolute Gasteiger partial charge is 0.225 e. The van der Waals surface area contributed by atoms with Crippen molar-refractivity contribution in [2.24, 2.45) is 0 Å². The van der Waals surface area contributed by atoms with Crippen molar-refractivity contribution in [1.82, 2.24) is 9.97 Å². The molecule has 0 spiro atoms. The second-order valence-corrected chi connectivity index (χ2v) is 7.48. The van der Waals surface area contributed by atoms with Gasteiger partial charge in [-0.25, -0.2) is 4.98 Å². The highest BCUT2D eigenvalue weighted by Gasteiger charge is 2.14. The van der Waals surface area contributed by atoms with E-state index in [0.29, 0.717) is 5.95 Å². The first kappa shape index (κ1) is 17.9. The van der Waals surface area contributed by atoms with E-state index >= 15 is 0 Å². The minimum Gasteiger partial charge on any atom is -0.365 e. The first-order chi connectivity index (χ1) is 12.4. The van der Waals surface area contributed by atoms with Crippen molar-refractivity contribution in [2.75, 3.05) is 10.6 Å². The van der Waals surface area contributed by atoms with Gasteiger partial charge in [0.05, 0.1) is 11.7 Å². The largest absolute Gasteiger partial charge is 0.365 e. The minimum absolute atomic E-state index is 0.0787. The number of hydrogen-bond acceptors (Lipinski definition) is 4. The molecule has 0 fully saturated rings. The van der Waals surface area contributed by atoms with Crippen molar-refractivity contribution < 1.29 is 0 Å². The Labute approximate surface area is 155 Å². The number of hydrogen-bond donors (Lipinski definition) is 2. The maximum atomic E-state index is 4.74. The number of anilines is 2. The lowest BCUT2D eigenvalue weighted by Gasteiger charge is -2.23. The molecule has 1 heterocycles. The van der Waals surface area contributed by atoms with E-state index in [9.17, 15) is 0 Å². The molecule has 26 heavy (non-hydrogen) atoms. The molecule has 0 radical (unpaired) electrons. The molecule has 1 unspecified atom stereocenters. The van der Waals surface area contributed by atoms with Crippen LogP contribution in [0.5, 0.6) is 0 Å². The summed E-state index contributed by atoms with van der Waals surface area (Å²) in [5, 5.41) is 6.89. The van der Waals surface area contributed by atoms with Crippen molar-refractivity contribution in [1.29, 1.82) is 0 Å². The fourth-order valence-electron chi connectivity index (χ4n) is 2.74. The zero-order chi connectivity index (χ0) is 18.6. The van der Waals surface area contributed by atoms with Gasteiger partial charge < -0.3 is 10.6 Å². The molecule has 1 aromatic heterocycles. The Morgan fingerprint density at radius 1 is 0.846 bits per heavy atom. The highest BCUT2D eigenvalue weighted by Crippen LogP contribution is 2.25. The van der Waals surface area contributed by atoms with E-state index in [1.54, 1.807) is 0 Å². The van der Waals surface area contributed by atoms with Gasteiger partial charge in [0.1, 0.15) is 5.82 Å². The van der Waals surface area contributed by atoms with E-state index < -0.39 is 0 Å².